The van der Waals surface area contributed by atoms with Gasteiger partial charge in [0.05, 0.1) is 24.7 Å². The Balaban J connectivity index is 1.52. The molecule has 2 N–H and O–H groups in total. The number of halogens is 1. The standard InChI is InChI=1S/C23H24FN3O3S/c1-29-18-10-6-15(7-11-18)21-23(27-22(26-21)16-4-8-17(24)9-5-16)31-14-20(28)25-13-19-3-2-12-30-19/h4-11,19H,2-3,12-14H2,1H3,(H,25,28)(H,26,27). The van der Waals surface area contributed by atoms with E-state index in [4.69, 9.17) is 9.47 Å². The fourth-order valence-electron chi connectivity index (χ4n) is 3.38. The van der Waals surface area contributed by atoms with Crippen LogP contribution in [-0.4, -0.2) is 48.0 Å². The number of carbonyl (C=O) groups excluding carboxylic acids is 1. The summed E-state index contributed by atoms with van der Waals surface area (Å²) in [5, 5.41) is 3.64. The third kappa shape index (κ3) is 5.45. The molecule has 1 aliphatic rings. The first kappa shape index (κ1) is 21.4. The third-order valence-electron chi connectivity index (χ3n) is 5.06. The van der Waals surface area contributed by atoms with Crippen LogP contribution < -0.4 is 10.1 Å². The molecule has 1 atom stereocenters. The number of imidazole rings is 1. The monoisotopic (exact) mass is 441 g/mol. The van der Waals surface area contributed by atoms with E-state index in [0.717, 1.165) is 42.0 Å². The van der Waals surface area contributed by atoms with Crippen LogP contribution >= 0.6 is 11.8 Å². The molecule has 2 aromatic carbocycles. The van der Waals surface area contributed by atoms with Gasteiger partial charge in [-0.2, -0.15) is 0 Å². The summed E-state index contributed by atoms with van der Waals surface area (Å²) in [6.07, 6.45) is 2.13. The van der Waals surface area contributed by atoms with Crippen LogP contribution in [0, 0.1) is 5.82 Å². The highest BCUT2D eigenvalue weighted by Gasteiger charge is 2.18. The number of ether oxygens (including phenoxy) is 2. The van der Waals surface area contributed by atoms with Crippen molar-refractivity contribution in [3.05, 3.63) is 54.3 Å². The van der Waals surface area contributed by atoms with E-state index in [9.17, 15) is 9.18 Å². The molecule has 1 aliphatic heterocycles. The lowest BCUT2D eigenvalue weighted by Crippen LogP contribution is -2.32. The van der Waals surface area contributed by atoms with Crippen LogP contribution in [0.5, 0.6) is 5.75 Å². The Bertz CT molecular complexity index is 1020. The predicted octanol–water partition coefficient (Wildman–Crippen LogP) is 4.28. The van der Waals surface area contributed by atoms with Crippen molar-refractivity contribution in [3.8, 4) is 28.4 Å². The summed E-state index contributed by atoms with van der Waals surface area (Å²) in [4.78, 5) is 20.3. The SMILES string of the molecule is COc1ccc(-c2[nH]c(-c3ccc(F)cc3)nc2SCC(=O)NCC2CCCO2)cc1. The zero-order chi connectivity index (χ0) is 21.6. The van der Waals surface area contributed by atoms with Gasteiger partial charge in [0.25, 0.3) is 0 Å². The van der Waals surface area contributed by atoms with E-state index in [1.54, 1.807) is 19.2 Å². The maximum absolute atomic E-state index is 13.3. The van der Waals surface area contributed by atoms with Gasteiger partial charge in [0.2, 0.25) is 5.91 Å². The van der Waals surface area contributed by atoms with Crippen molar-refractivity contribution >= 4 is 17.7 Å². The van der Waals surface area contributed by atoms with E-state index in [-0.39, 0.29) is 23.6 Å². The molecule has 4 rings (SSSR count). The van der Waals surface area contributed by atoms with Crippen molar-refractivity contribution in [1.82, 2.24) is 15.3 Å². The summed E-state index contributed by atoms with van der Waals surface area (Å²) in [5.74, 6) is 1.25. The molecule has 1 saturated heterocycles. The average Bonchev–Trinajstić information content (AvgIpc) is 3.47. The smallest absolute Gasteiger partial charge is 0.230 e. The summed E-state index contributed by atoms with van der Waals surface area (Å²) in [6.45, 7) is 1.30. The summed E-state index contributed by atoms with van der Waals surface area (Å²) in [5.41, 5.74) is 2.49. The normalized spacial score (nSPS) is 15.7. The van der Waals surface area contributed by atoms with Crippen LogP contribution in [0.2, 0.25) is 0 Å². The number of rotatable bonds is 8. The second kappa shape index (κ2) is 9.98. The summed E-state index contributed by atoms with van der Waals surface area (Å²) in [7, 11) is 1.62. The highest BCUT2D eigenvalue weighted by molar-refractivity contribution is 8.00. The zero-order valence-corrected chi connectivity index (χ0v) is 18.0. The molecule has 6 nitrogen and oxygen atoms in total. The Kier molecular flexibility index (Phi) is 6.89. The van der Waals surface area contributed by atoms with Gasteiger partial charge < -0.3 is 19.8 Å². The van der Waals surface area contributed by atoms with Crippen LogP contribution in [0.1, 0.15) is 12.8 Å². The molecule has 0 radical (unpaired) electrons. The van der Waals surface area contributed by atoms with Crippen molar-refractivity contribution in [2.24, 2.45) is 0 Å². The number of hydrogen-bond donors (Lipinski definition) is 2. The number of benzene rings is 2. The molecule has 0 bridgehead atoms. The van der Waals surface area contributed by atoms with Crippen molar-refractivity contribution in [3.63, 3.8) is 0 Å². The van der Waals surface area contributed by atoms with E-state index >= 15 is 0 Å². The Morgan fingerprint density at radius 1 is 1.23 bits per heavy atom. The van der Waals surface area contributed by atoms with Gasteiger partial charge in [0, 0.05) is 24.3 Å². The van der Waals surface area contributed by atoms with E-state index in [0.29, 0.717) is 17.4 Å². The molecule has 1 amide bonds. The minimum absolute atomic E-state index is 0.0625. The highest BCUT2D eigenvalue weighted by Crippen LogP contribution is 2.33. The number of nitrogens with zero attached hydrogens (tertiary/aromatic N) is 1. The molecular formula is C23H24FN3O3S. The number of methoxy groups -OCH3 is 1. The molecule has 31 heavy (non-hydrogen) atoms. The Morgan fingerprint density at radius 2 is 1.97 bits per heavy atom. The minimum Gasteiger partial charge on any atom is -0.497 e. The van der Waals surface area contributed by atoms with Gasteiger partial charge in [-0.05, 0) is 61.4 Å². The molecular weight excluding hydrogens is 417 g/mol. The number of thioether (sulfide) groups is 1. The van der Waals surface area contributed by atoms with Gasteiger partial charge >= 0.3 is 0 Å². The lowest BCUT2D eigenvalue weighted by atomic mass is 10.1. The fourth-order valence-corrected chi connectivity index (χ4v) is 4.22. The number of aromatic amines is 1. The highest BCUT2D eigenvalue weighted by atomic mass is 32.2. The van der Waals surface area contributed by atoms with Gasteiger partial charge in [-0.15, -0.1) is 0 Å². The third-order valence-corrected chi connectivity index (χ3v) is 6.03. The second-order valence-corrected chi connectivity index (χ2v) is 8.19. The first-order valence-corrected chi connectivity index (χ1v) is 11.1. The Labute approximate surface area is 184 Å². The number of hydrogen-bond acceptors (Lipinski definition) is 5. The lowest BCUT2D eigenvalue weighted by molar-refractivity contribution is -0.119. The Hall–Kier alpha value is -2.84. The lowest BCUT2D eigenvalue weighted by Gasteiger charge is -2.10. The summed E-state index contributed by atoms with van der Waals surface area (Å²) in [6, 6.07) is 13.8. The van der Waals surface area contributed by atoms with E-state index in [1.807, 2.05) is 24.3 Å². The molecule has 0 spiro atoms. The zero-order valence-electron chi connectivity index (χ0n) is 17.2. The van der Waals surface area contributed by atoms with Crippen LogP contribution in [0.3, 0.4) is 0 Å². The molecule has 1 fully saturated rings. The second-order valence-electron chi connectivity index (χ2n) is 7.23. The molecule has 3 aromatic rings. The van der Waals surface area contributed by atoms with Crippen molar-refractivity contribution in [1.29, 1.82) is 0 Å². The topological polar surface area (TPSA) is 76.2 Å². The van der Waals surface area contributed by atoms with Crippen molar-refractivity contribution in [2.45, 2.75) is 24.0 Å². The van der Waals surface area contributed by atoms with Crippen LogP contribution in [0.15, 0.2) is 53.6 Å². The van der Waals surface area contributed by atoms with E-state index in [2.05, 4.69) is 15.3 Å². The maximum atomic E-state index is 13.3. The molecule has 8 heteroatoms. The van der Waals surface area contributed by atoms with Crippen LogP contribution in [0.25, 0.3) is 22.6 Å². The average molecular weight is 442 g/mol. The molecule has 1 aromatic heterocycles. The quantitative estimate of drug-likeness (QED) is 0.511. The minimum atomic E-state index is -0.303. The van der Waals surface area contributed by atoms with Gasteiger partial charge in [-0.3, -0.25) is 4.79 Å². The van der Waals surface area contributed by atoms with Crippen molar-refractivity contribution in [2.75, 3.05) is 26.0 Å². The van der Waals surface area contributed by atoms with Crippen molar-refractivity contribution < 1.29 is 18.7 Å². The molecule has 0 saturated carbocycles. The molecule has 0 aliphatic carbocycles. The molecule has 2 heterocycles. The van der Waals surface area contributed by atoms with Gasteiger partial charge in [0.15, 0.2) is 0 Å². The van der Waals surface area contributed by atoms with Crippen LogP contribution in [0.4, 0.5) is 4.39 Å². The van der Waals surface area contributed by atoms with Crippen LogP contribution in [-0.2, 0) is 9.53 Å². The van der Waals surface area contributed by atoms with Gasteiger partial charge in [-0.1, -0.05) is 11.8 Å². The Morgan fingerprint density at radius 3 is 2.65 bits per heavy atom. The number of H-pyrrole nitrogens is 1. The molecule has 162 valence electrons. The fraction of sp³-hybridized carbons (Fsp3) is 0.304. The number of carbonyl (C=O) groups is 1. The number of amides is 1. The first-order chi connectivity index (χ1) is 15.1. The summed E-state index contributed by atoms with van der Waals surface area (Å²) >= 11 is 1.36. The van der Waals surface area contributed by atoms with E-state index < -0.39 is 0 Å². The number of aromatic nitrogens is 2. The largest absolute Gasteiger partial charge is 0.497 e. The summed E-state index contributed by atoms with van der Waals surface area (Å²) < 4.78 is 24.1. The van der Waals surface area contributed by atoms with Gasteiger partial charge in [0.1, 0.15) is 22.4 Å². The maximum Gasteiger partial charge on any atom is 0.230 e. The molecule has 1 unspecified atom stereocenters. The predicted molar refractivity (Wildman–Crippen MR) is 119 cm³/mol. The van der Waals surface area contributed by atoms with Gasteiger partial charge in [-0.25, -0.2) is 9.37 Å². The van der Waals surface area contributed by atoms with E-state index in [1.165, 1.54) is 23.9 Å². The number of nitrogens with one attached hydrogen (secondary N) is 2. The first-order valence-electron chi connectivity index (χ1n) is 10.1.